The first-order valence-electron chi connectivity index (χ1n) is 9.86. The SMILES string of the molecule is O=C(O)CCC=C1C[C@@H]2C1CC[C@H](O)[C@H]2C#CC(O)CCc1ccccc1. The molecule has 0 aliphatic heterocycles. The average molecular weight is 368 g/mol. The van der Waals surface area contributed by atoms with Crippen molar-refractivity contribution in [2.24, 2.45) is 17.8 Å². The van der Waals surface area contributed by atoms with Gasteiger partial charge in [-0.15, -0.1) is 0 Å². The lowest BCUT2D eigenvalue weighted by Gasteiger charge is -2.48. The van der Waals surface area contributed by atoms with Crippen LogP contribution in [-0.4, -0.2) is 33.5 Å². The molecular formula is C23H28O4. The Kier molecular flexibility index (Phi) is 6.71. The Morgan fingerprint density at radius 3 is 2.78 bits per heavy atom. The molecule has 0 saturated heterocycles. The zero-order chi connectivity index (χ0) is 19.2. The highest BCUT2D eigenvalue weighted by atomic mass is 16.4. The van der Waals surface area contributed by atoms with Gasteiger partial charge in [-0.3, -0.25) is 4.79 Å². The number of carbonyl (C=O) groups is 1. The molecule has 2 aliphatic carbocycles. The molecule has 0 bridgehead atoms. The van der Waals surface area contributed by atoms with E-state index in [1.165, 1.54) is 11.1 Å². The molecule has 4 nitrogen and oxygen atoms in total. The standard InChI is InChI=1S/C23H28O4/c24-18(10-9-16-5-2-1-3-6-16)11-12-20-21-15-17(7-4-8-23(26)27)19(21)13-14-22(20)25/h1-3,5-7,18-22,24-25H,4,8-10,13-15H2,(H,26,27)/t18?,19?,20-,21+,22-/m0/s1. The zero-order valence-electron chi connectivity index (χ0n) is 15.6. The van der Waals surface area contributed by atoms with Gasteiger partial charge in [-0.1, -0.05) is 53.8 Å². The summed E-state index contributed by atoms with van der Waals surface area (Å²) in [6, 6.07) is 10.0. The molecule has 144 valence electrons. The van der Waals surface area contributed by atoms with Gasteiger partial charge in [0.05, 0.1) is 12.0 Å². The number of carboxylic acid groups (broad SMARTS) is 1. The maximum Gasteiger partial charge on any atom is 0.303 e. The van der Waals surface area contributed by atoms with Gasteiger partial charge in [0.2, 0.25) is 0 Å². The van der Waals surface area contributed by atoms with Gasteiger partial charge in [-0.2, -0.15) is 0 Å². The van der Waals surface area contributed by atoms with Gasteiger partial charge in [-0.05, 0) is 55.9 Å². The Hall–Kier alpha value is -2.09. The molecule has 2 aliphatic rings. The third-order valence-electron chi connectivity index (χ3n) is 5.84. The van der Waals surface area contributed by atoms with Gasteiger partial charge < -0.3 is 15.3 Å². The summed E-state index contributed by atoms with van der Waals surface area (Å²) in [5.41, 5.74) is 2.51. The number of aliphatic hydroxyl groups is 2. The number of allylic oxidation sites excluding steroid dienone is 2. The summed E-state index contributed by atoms with van der Waals surface area (Å²) in [7, 11) is 0. The predicted octanol–water partition coefficient (Wildman–Crippen LogP) is 3.18. The molecule has 5 atom stereocenters. The molecule has 2 saturated carbocycles. The number of hydrogen-bond acceptors (Lipinski definition) is 3. The van der Waals surface area contributed by atoms with E-state index in [-0.39, 0.29) is 12.3 Å². The molecule has 3 rings (SSSR count). The lowest BCUT2D eigenvalue weighted by atomic mass is 9.57. The fourth-order valence-corrected chi connectivity index (χ4v) is 4.30. The van der Waals surface area contributed by atoms with E-state index in [1.54, 1.807) is 0 Å². The van der Waals surface area contributed by atoms with E-state index in [4.69, 9.17) is 5.11 Å². The van der Waals surface area contributed by atoms with Gasteiger partial charge in [0.1, 0.15) is 6.10 Å². The molecule has 2 unspecified atom stereocenters. The zero-order valence-corrected chi connectivity index (χ0v) is 15.6. The second kappa shape index (κ2) is 9.21. The molecule has 0 amide bonds. The topological polar surface area (TPSA) is 77.8 Å². The normalized spacial score (nSPS) is 29.2. The minimum Gasteiger partial charge on any atom is -0.481 e. The monoisotopic (exact) mass is 368 g/mol. The summed E-state index contributed by atoms with van der Waals surface area (Å²) in [5, 5.41) is 29.3. The van der Waals surface area contributed by atoms with E-state index >= 15 is 0 Å². The molecule has 1 aromatic rings. The fourth-order valence-electron chi connectivity index (χ4n) is 4.30. The number of fused-ring (bicyclic) bond motifs is 1. The summed E-state index contributed by atoms with van der Waals surface area (Å²) < 4.78 is 0. The Bertz CT molecular complexity index is 728. The van der Waals surface area contributed by atoms with Crippen molar-refractivity contribution in [3.05, 3.63) is 47.5 Å². The number of aliphatic carboxylic acids is 1. The average Bonchev–Trinajstić information content (AvgIpc) is 2.64. The van der Waals surface area contributed by atoms with Crippen LogP contribution in [0.4, 0.5) is 0 Å². The minimum absolute atomic E-state index is 0.0910. The van der Waals surface area contributed by atoms with Gasteiger partial charge in [0, 0.05) is 6.42 Å². The number of aliphatic hydroxyl groups excluding tert-OH is 2. The van der Waals surface area contributed by atoms with Crippen LogP contribution in [0.1, 0.15) is 44.1 Å². The highest BCUT2D eigenvalue weighted by Gasteiger charge is 2.46. The quantitative estimate of drug-likeness (QED) is 0.532. The van der Waals surface area contributed by atoms with E-state index in [0.717, 1.165) is 25.7 Å². The van der Waals surface area contributed by atoms with Gasteiger partial charge in [0.25, 0.3) is 0 Å². The number of rotatable bonds is 6. The molecular weight excluding hydrogens is 340 g/mol. The molecule has 3 N–H and O–H groups in total. The van der Waals surface area contributed by atoms with Crippen molar-refractivity contribution in [2.45, 2.75) is 57.2 Å². The first kappa shape index (κ1) is 19.7. The number of benzene rings is 1. The van der Waals surface area contributed by atoms with Crippen molar-refractivity contribution in [3.8, 4) is 11.8 Å². The van der Waals surface area contributed by atoms with Crippen LogP contribution in [0.5, 0.6) is 0 Å². The van der Waals surface area contributed by atoms with Gasteiger partial charge in [0.15, 0.2) is 0 Å². The van der Waals surface area contributed by atoms with E-state index < -0.39 is 18.2 Å². The van der Waals surface area contributed by atoms with E-state index in [9.17, 15) is 15.0 Å². The van der Waals surface area contributed by atoms with Crippen molar-refractivity contribution >= 4 is 5.97 Å². The third-order valence-corrected chi connectivity index (χ3v) is 5.84. The summed E-state index contributed by atoms with van der Waals surface area (Å²) >= 11 is 0. The van der Waals surface area contributed by atoms with Gasteiger partial charge >= 0.3 is 5.97 Å². The van der Waals surface area contributed by atoms with Crippen LogP contribution in [0.15, 0.2) is 42.0 Å². The van der Waals surface area contributed by atoms with E-state index in [0.29, 0.717) is 24.7 Å². The molecule has 0 radical (unpaired) electrons. The summed E-state index contributed by atoms with van der Waals surface area (Å²) in [6.45, 7) is 0. The number of carboxylic acids is 1. The van der Waals surface area contributed by atoms with Crippen LogP contribution in [0.3, 0.4) is 0 Å². The number of hydrogen-bond donors (Lipinski definition) is 3. The molecule has 2 fully saturated rings. The van der Waals surface area contributed by atoms with Crippen molar-refractivity contribution in [3.63, 3.8) is 0 Å². The van der Waals surface area contributed by atoms with Crippen LogP contribution < -0.4 is 0 Å². The van der Waals surface area contributed by atoms with Gasteiger partial charge in [-0.25, -0.2) is 0 Å². The van der Waals surface area contributed by atoms with Crippen molar-refractivity contribution < 1.29 is 20.1 Å². The van der Waals surface area contributed by atoms with Crippen LogP contribution in [0.2, 0.25) is 0 Å². The van der Waals surface area contributed by atoms with Crippen LogP contribution >= 0.6 is 0 Å². The maximum absolute atomic E-state index is 10.7. The molecule has 1 aromatic carbocycles. The smallest absolute Gasteiger partial charge is 0.303 e. The summed E-state index contributed by atoms with van der Waals surface area (Å²) in [6.07, 6.45) is 5.62. The summed E-state index contributed by atoms with van der Waals surface area (Å²) in [4.78, 5) is 10.7. The van der Waals surface area contributed by atoms with Crippen molar-refractivity contribution in [2.75, 3.05) is 0 Å². The first-order chi connectivity index (χ1) is 13.0. The highest BCUT2D eigenvalue weighted by Crippen LogP contribution is 2.51. The second-order valence-corrected chi connectivity index (χ2v) is 7.69. The Morgan fingerprint density at radius 2 is 2.04 bits per heavy atom. The Labute approximate surface area is 160 Å². The molecule has 0 aromatic heterocycles. The first-order valence-corrected chi connectivity index (χ1v) is 9.86. The molecule has 27 heavy (non-hydrogen) atoms. The van der Waals surface area contributed by atoms with E-state index in [1.807, 2.05) is 30.3 Å². The minimum atomic E-state index is -0.768. The number of aryl methyl sites for hydroxylation is 1. The maximum atomic E-state index is 10.7. The lowest BCUT2D eigenvalue weighted by Crippen LogP contribution is -2.44. The largest absolute Gasteiger partial charge is 0.481 e. The Morgan fingerprint density at radius 1 is 1.26 bits per heavy atom. The second-order valence-electron chi connectivity index (χ2n) is 7.69. The van der Waals surface area contributed by atoms with Crippen molar-refractivity contribution in [1.82, 2.24) is 0 Å². The summed E-state index contributed by atoms with van der Waals surface area (Å²) in [5.74, 6) is 6.01. The molecule has 0 heterocycles. The molecule has 0 spiro atoms. The molecule has 4 heteroatoms. The highest BCUT2D eigenvalue weighted by molar-refractivity contribution is 5.66. The fraction of sp³-hybridized carbons (Fsp3) is 0.522. The lowest BCUT2D eigenvalue weighted by molar-refractivity contribution is -0.136. The van der Waals surface area contributed by atoms with Crippen LogP contribution in [-0.2, 0) is 11.2 Å². The Balaban J connectivity index is 1.53. The third kappa shape index (κ3) is 5.22. The predicted molar refractivity (Wildman–Crippen MR) is 104 cm³/mol. The van der Waals surface area contributed by atoms with Crippen molar-refractivity contribution in [1.29, 1.82) is 0 Å². The van der Waals surface area contributed by atoms with Crippen LogP contribution in [0.25, 0.3) is 0 Å². The van der Waals surface area contributed by atoms with Crippen LogP contribution in [0, 0.1) is 29.6 Å². The van der Waals surface area contributed by atoms with E-state index in [2.05, 4.69) is 17.9 Å².